The first kappa shape index (κ1) is 27.7. The number of rotatable bonds is 9. The number of halogens is 3. The second-order valence-electron chi connectivity index (χ2n) is 9.60. The third-order valence-electron chi connectivity index (χ3n) is 6.98. The van der Waals surface area contributed by atoms with Crippen molar-refractivity contribution >= 4 is 57.3 Å². The number of anilines is 1. The van der Waals surface area contributed by atoms with Crippen molar-refractivity contribution in [2.24, 2.45) is 0 Å². The summed E-state index contributed by atoms with van der Waals surface area (Å²) in [7, 11) is 0. The fourth-order valence-corrected chi connectivity index (χ4v) is 5.46. The van der Waals surface area contributed by atoms with Gasteiger partial charge in [0.05, 0.1) is 22.3 Å². The lowest BCUT2D eigenvalue weighted by molar-refractivity contribution is 0.0951. The minimum absolute atomic E-state index is 0.108. The van der Waals surface area contributed by atoms with Crippen LogP contribution in [0.3, 0.4) is 0 Å². The number of nitrogens with one attached hydrogen (secondary N) is 2. The molecule has 1 fully saturated rings. The second-order valence-corrected chi connectivity index (χ2v) is 10.8. The molecule has 1 saturated heterocycles. The summed E-state index contributed by atoms with van der Waals surface area (Å²) in [6.45, 7) is 7.89. The van der Waals surface area contributed by atoms with E-state index in [1.165, 1.54) is 5.69 Å². The summed E-state index contributed by atoms with van der Waals surface area (Å²) >= 11 is 18.5. The second kappa shape index (κ2) is 12.5. The van der Waals surface area contributed by atoms with Crippen molar-refractivity contribution in [2.75, 3.05) is 50.8 Å². The lowest BCUT2D eigenvalue weighted by Crippen LogP contribution is -2.47. The molecule has 9 heteroatoms. The fraction of sp³-hybridized carbons (Fsp3) is 0.300. The van der Waals surface area contributed by atoms with Crippen LogP contribution in [0, 0.1) is 0 Å². The standard InChI is InChI=1S/C30H31Cl3N4O2/c1-2-39-29-17-20(7-8-24(29)28-16-21-15-25(32)26(33)19-27(21)35-28)30(38)34-9-4-10-36-11-13-37(14-12-36)23-6-3-5-22(31)18-23/h3,5-8,15-19,35H,2,4,9-14H2,1H3,(H,34,38). The van der Waals surface area contributed by atoms with E-state index in [-0.39, 0.29) is 5.91 Å². The third kappa shape index (κ3) is 6.64. The highest BCUT2D eigenvalue weighted by molar-refractivity contribution is 6.42. The lowest BCUT2D eigenvalue weighted by atomic mass is 10.1. The molecule has 1 aliphatic heterocycles. The summed E-state index contributed by atoms with van der Waals surface area (Å²) in [4.78, 5) is 21.1. The first-order valence-corrected chi connectivity index (χ1v) is 14.3. The summed E-state index contributed by atoms with van der Waals surface area (Å²) in [5.74, 6) is 0.537. The molecule has 0 bridgehead atoms. The Bertz CT molecular complexity index is 1430. The monoisotopic (exact) mass is 584 g/mol. The van der Waals surface area contributed by atoms with E-state index in [1.54, 1.807) is 6.07 Å². The summed E-state index contributed by atoms with van der Waals surface area (Å²) in [6, 6.07) is 19.2. The average Bonchev–Trinajstić information content (AvgIpc) is 3.34. The van der Waals surface area contributed by atoms with E-state index < -0.39 is 0 Å². The molecule has 5 rings (SSSR count). The molecule has 1 amide bonds. The molecule has 0 atom stereocenters. The minimum atomic E-state index is -0.108. The van der Waals surface area contributed by atoms with E-state index in [0.29, 0.717) is 34.5 Å². The zero-order valence-electron chi connectivity index (χ0n) is 21.8. The Hall–Kier alpha value is -2.90. The van der Waals surface area contributed by atoms with Crippen molar-refractivity contribution < 1.29 is 9.53 Å². The number of nitrogens with zero attached hydrogens (tertiary/aromatic N) is 2. The van der Waals surface area contributed by atoms with Crippen molar-refractivity contribution in [3.8, 4) is 17.0 Å². The molecule has 0 spiro atoms. The zero-order chi connectivity index (χ0) is 27.4. The Balaban J connectivity index is 1.15. The lowest BCUT2D eigenvalue weighted by Gasteiger charge is -2.36. The Morgan fingerprint density at radius 2 is 1.77 bits per heavy atom. The molecule has 0 unspecified atom stereocenters. The summed E-state index contributed by atoms with van der Waals surface area (Å²) in [5.41, 5.74) is 4.36. The van der Waals surface area contributed by atoms with Gasteiger partial charge in [0, 0.05) is 65.5 Å². The quantitative estimate of drug-likeness (QED) is 0.205. The van der Waals surface area contributed by atoms with E-state index in [1.807, 2.05) is 55.5 Å². The van der Waals surface area contributed by atoms with Gasteiger partial charge in [0.25, 0.3) is 5.91 Å². The number of ether oxygens (including phenoxy) is 1. The Morgan fingerprint density at radius 3 is 2.54 bits per heavy atom. The number of carbonyl (C=O) groups excluding carboxylic acids is 1. The van der Waals surface area contributed by atoms with E-state index in [9.17, 15) is 4.79 Å². The van der Waals surface area contributed by atoms with E-state index in [2.05, 4.69) is 26.2 Å². The van der Waals surface area contributed by atoms with Gasteiger partial charge in [0.1, 0.15) is 5.75 Å². The van der Waals surface area contributed by atoms with Gasteiger partial charge in [-0.15, -0.1) is 0 Å². The van der Waals surface area contributed by atoms with Gasteiger partial charge in [-0.2, -0.15) is 0 Å². The van der Waals surface area contributed by atoms with Crippen LogP contribution in [0.25, 0.3) is 22.2 Å². The van der Waals surface area contributed by atoms with Gasteiger partial charge < -0.3 is 19.9 Å². The maximum absolute atomic E-state index is 12.9. The van der Waals surface area contributed by atoms with Crippen molar-refractivity contribution in [2.45, 2.75) is 13.3 Å². The predicted octanol–water partition coefficient (Wildman–Crippen LogP) is 7.14. The first-order valence-electron chi connectivity index (χ1n) is 13.2. The number of hydrogen-bond acceptors (Lipinski definition) is 4. The van der Waals surface area contributed by atoms with Gasteiger partial charge in [-0.25, -0.2) is 0 Å². The van der Waals surface area contributed by atoms with E-state index in [0.717, 1.165) is 66.3 Å². The van der Waals surface area contributed by atoms with Gasteiger partial charge in [0.2, 0.25) is 0 Å². The van der Waals surface area contributed by atoms with Crippen LogP contribution in [-0.4, -0.2) is 61.7 Å². The van der Waals surface area contributed by atoms with Gasteiger partial charge in [0.15, 0.2) is 0 Å². The maximum atomic E-state index is 12.9. The molecule has 3 aromatic carbocycles. The molecule has 0 aliphatic carbocycles. The van der Waals surface area contributed by atoms with Crippen molar-refractivity contribution in [1.29, 1.82) is 0 Å². The SMILES string of the molecule is CCOc1cc(C(=O)NCCCN2CCN(c3cccc(Cl)c3)CC2)ccc1-c1cc2cc(Cl)c(Cl)cc2[nH]1. The van der Waals surface area contributed by atoms with Crippen LogP contribution in [0.5, 0.6) is 5.75 Å². The van der Waals surface area contributed by atoms with Crippen molar-refractivity contribution in [3.63, 3.8) is 0 Å². The third-order valence-corrected chi connectivity index (χ3v) is 7.93. The summed E-state index contributed by atoms with van der Waals surface area (Å²) in [6.07, 6.45) is 0.888. The number of H-pyrrole nitrogens is 1. The van der Waals surface area contributed by atoms with Crippen LogP contribution in [0.1, 0.15) is 23.7 Å². The number of amides is 1. The van der Waals surface area contributed by atoms with Crippen LogP contribution in [0.4, 0.5) is 5.69 Å². The van der Waals surface area contributed by atoms with Crippen molar-refractivity contribution in [1.82, 2.24) is 15.2 Å². The van der Waals surface area contributed by atoms with Crippen LogP contribution >= 0.6 is 34.8 Å². The highest BCUT2D eigenvalue weighted by Gasteiger charge is 2.18. The Kier molecular flexibility index (Phi) is 8.88. The van der Waals surface area contributed by atoms with Crippen molar-refractivity contribution in [3.05, 3.63) is 81.3 Å². The highest BCUT2D eigenvalue weighted by Crippen LogP contribution is 2.35. The molecular weight excluding hydrogens is 555 g/mol. The average molecular weight is 586 g/mol. The molecule has 1 aliphatic rings. The normalized spacial score (nSPS) is 14.1. The van der Waals surface area contributed by atoms with E-state index in [4.69, 9.17) is 39.5 Å². The maximum Gasteiger partial charge on any atom is 0.251 e. The van der Waals surface area contributed by atoms with E-state index >= 15 is 0 Å². The molecule has 0 saturated carbocycles. The number of hydrogen-bond donors (Lipinski definition) is 2. The van der Waals surface area contributed by atoms with Crippen LogP contribution in [0.2, 0.25) is 15.1 Å². The smallest absolute Gasteiger partial charge is 0.251 e. The van der Waals surface area contributed by atoms with Crippen LogP contribution in [-0.2, 0) is 0 Å². The molecule has 2 heterocycles. The number of piperazine rings is 1. The fourth-order valence-electron chi connectivity index (χ4n) is 4.94. The molecular formula is C30H31Cl3N4O2. The molecule has 204 valence electrons. The first-order chi connectivity index (χ1) is 18.9. The summed E-state index contributed by atoms with van der Waals surface area (Å²) < 4.78 is 5.91. The zero-order valence-corrected chi connectivity index (χ0v) is 24.0. The molecule has 0 radical (unpaired) electrons. The largest absolute Gasteiger partial charge is 0.493 e. The number of carbonyl (C=O) groups is 1. The minimum Gasteiger partial charge on any atom is -0.493 e. The number of aromatic nitrogens is 1. The highest BCUT2D eigenvalue weighted by atomic mass is 35.5. The van der Waals surface area contributed by atoms with Gasteiger partial charge in [-0.05, 0) is 74.5 Å². The van der Waals surface area contributed by atoms with Gasteiger partial charge in [-0.3, -0.25) is 9.69 Å². The predicted molar refractivity (Wildman–Crippen MR) is 162 cm³/mol. The topological polar surface area (TPSA) is 60.6 Å². The molecule has 39 heavy (non-hydrogen) atoms. The van der Waals surface area contributed by atoms with Crippen LogP contribution in [0.15, 0.2) is 60.7 Å². The molecule has 1 aromatic heterocycles. The molecule has 4 aromatic rings. The Morgan fingerprint density at radius 1 is 0.974 bits per heavy atom. The number of benzene rings is 3. The number of fused-ring (bicyclic) bond motifs is 1. The van der Waals surface area contributed by atoms with Crippen LogP contribution < -0.4 is 15.0 Å². The van der Waals surface area contributed by atoms with Gasteiger partial charge in [-0.1, -0.05) is 40.9 Å². The van der Waals surface area contributed by atoms with Gasteiger partial charge >= 0.3 is 0 Å². The Labute approximate surface area is 243 Å². The molecule has 6 nitrogen and oxygen atoms in total. The number of aromatic amines is 1. The summed E-state index contributed by atoms with van der Waals surface area (Å²) in [5, 5.41) is 5.78. The molecule has 2 N–H and O–H groups in total.